The molecule has 0 aliphatic rings. The van der Waals surface area contributed by atoms with E-state index in [1.165, 1.54) is 30.3 Å². The van der Waals surface area contributed by atoms with E-state index in [0.717, 1.165) is 0 Å². The Labute approximate surface area is 168 Å². The summed E-state index contributed by atoms with van der Waals surface area (Å²) >= 11 is 0. The predicted molar refractivity (Wildman–Crippen MR) is 105 cm³/mol. The minimum Gasteiger partial charge on any atom is -0.494 e. The summed E-state index contributed by atoms with van der Waals surface area (Å²) in [6.45, 7) is 3.74. The quantitative estimate of drug-likeness (QED) is 0.354. The van der Waals surface area contributed by atoms with Gasteiger partial charge < -0.3 is 9.47 Å². The molecule has 0 radical (unpaired) electrons. The molecule has 10 heteroatoms. The van der Waals surface area contributed by atoms with Gasteiger partial charge in [-0.05, 0) is 43.7 Å². The van der Waals surface area contributed by atoms with Crippen molar-refractivity contribution in [2.75, 3.05) is 13.2 Å². The molecule has 0 aromatic heterocycles. The van der Waals surface area contributed by atoms with Crippen molar-refractivity contribution in [1.29, 1.82) is 0 Å². The number of benzene rings is 2. The smallest absolute Gasteiger partial charge is 0.307 e. The van der Waals surface area contributed by atoms with E-state index in [1.807, 2.05) is 6.92 Å². The van der Waals surface area contributed by atoms with Gasteiger partial charge in [-0.1, -0.05) is 12.1 Å². The van der Waals surface area contributed by atoms with Crippen molar-refractivity contribution in [2.45, 2.75) is 31.3 Å². The van der Waals surface area contributed by atoms with Crippen molar-refractivity contribution < 1.29 is 27.6 Å². The van der Waals surface area contributed by atoms with Gasteiger partial charge in [0.2, 0.25) is 10.0 Å². The van der Waals surface area contributed by atoms with E-state index in [-0.39, 0.29) is 23.5 Å². The van der Waals surface area contributed by atoms with Gasteiger partial charge in [0, 0.05) is 18.7 Å². The van der Waals surface area contributed by atoms with Gasteiger partial charge in [-0.15, -0.1) is 0 Å². The monoisotopic (exact) mass is 422 g/mol. The maximum absolute atomic E-state index is 12.3. The van der Waals surface area contributed by atoms with Crippen molar-refractivity contribution in [2.24, 2.45) is 0 Å². The van der Waals surface area contributed by atoms with Crippen LogP contribution < -0.4 is 9.46 Å². The first-order valence-corrected chi connectivity index (χ1v) is 10.4. The van der Waals surface area contributed by atoms with E-state index in [4.69, 9.17) is 9.47 Å². The summed E-state index contributed by atoms with van der Waals surface area (Å²) in [5.74, 6) is -0.0661. The molecule has 0 aliphatic heterocycles. The number of carbonyl (C=O) groups excluding carboxylic acids is 1. The molecular formula is C19H22N2O7S. The molecule has 1 unspecified atom stereocenters. The van der Waals surface area contributed by atoms with Gasteiger partial charge in [0.05, 0.1) is 22.8 Å². The second-order valence-corrected chi connectivity index (χ2v) is 7.80. The molecule has 0 aliphatic carbocycles. The highest BCUT2D eigenvalue weighted by atomic mass is 32.2. The number of nitrogens with one attached hydrogen (secondary N) is 1. The number of hydrogen-bond donors (Lipinski definition) is 1. The largest absolute Gasteiger partial charge is 0.494 e. The Bertz CT molecular complexity index is 959. The fourth-order valence-electron chi connectivity index (χ4n) is 2.47. The number of esters is 1. The van der Waals surface area contributed by atoms with Crippen molar-refractivity contribution in [1.82, 2.24) is 4.72 Å². The Morgan fingerprint density at radius 3 is 2.52 bits per heavy atom. The molecule has 2 rings (SSSR count). The number of nitro groups is 1. The van der Waals surface area contributed by atoms with E-state index in [2.05, 4.69) is 4.72 Å². The van der Waals surface area contributed by atoms with Crippen LogP contribution in [-0.2, 0) is 19.6 Å². The molecule has 1 N–H and O–H groups in total. The average Bonchev–Trinajstić information content (AvgIpc) is 2.68. The summed E-state index contributed by atoms with van der Waals surface area (Å²) in [5.41, 5.74) is 0.371. The zero-order chi connectivity index (χ0) is 21.4. The number of sulfonamides is 1. The number of rotatable bonds is 10. The third-order valence-electron chi connectivity index (χ3n) is 3.92. The van der Waals surface area contributed by atoms with Crippen LogP contribution in [0.1, 0.15) is 31.9 Å². The normalized spacial score (nSPS) is 12.2. The Morgan fingerprint density at radius 1 is 1.21 bits per heavy atom. The SMILES string of the molecule is CCOc1ccc(S(=O)(=O)NCCC(=O)OC(C)c2cccc([N+](=O)[O-])c2)cc1. The maximum atomic E-state index is 12.3. The van der Waals surface area contributed by atoms with Gasteiger partial charge in [-0.2, -0.15) is 0 Å². The lowest BCUT2D eigenvalue weighted by Crippen LogP contribution is -2.27. The molecule has 1 atom stereocenters. The molecule has 2 aromatic carbocycles. The number of nitrogens with zero attached hydrogens (tertiary/aromatic N) is 1. The number of non-ortho nitro benzene ring substituents is 1. The summed E-state index contributed by atoms with van der Waals surface area (Å²) in [5, 5.41) is 10.8. The summed E-state index contributed by atoms with van der Waals surface area (Å²) in [4.78, 5) is 22.3. The molecule has 0 fully saturated rings. The van der Waals surface area contributed by atoms with Crippen LogP contribution in [-0.4, -0.2) is 32.5 Å². The highest BCUT2D eigenvalue weighted by molar-refractivity contribution is 7.89. The first-order valence-electron chi connectivity index (χ1n) is 8.89. The molecule has 0 amide bonds. The van der Waals surface area contributed by atoms with Crippen LogP contribution in [0.15, 0.2) is 53.4 Å². The minimum atomic E-state index is -3.77. The highest BCUT2D eigenvalue weighted by Gasteiger charge is 2.17. The maximum Gasteiger partial charge on any atom is 0.307 e. The molecule has 0 heterocycles. The predicted octanol–water partition coefficient (Wildman–Crippen LogP) is 2.97. The lowest BCUT2D eigenvalue weighted by Gasteiger charge is -2.14. The van der Waals surface area contributed by atoms with Crippen molar-refractivity contribution in [3.05, 3.63) is 64.2 Å². The van der Waals surface area contributed by atoms with Crippen LogP contribution in [0, 0.1) is 10.1 Å². The van der Waals surface area contributed by atoms with Crippen molar-refractivity contribution >= 4 is 21.7 Å². The number of nitro benzene ring substituents is 1. The first kappa shape index (κ1) is 22.3. The number of hydrogen-bond acceptors (Lipinski definition) is 7. The topological polar surface area (TPSA) is 125 Å². The standard InChI is InChI=1S/C19H22N2O7S/c1-3-27-17-7-9-18(10-8-17)29(25,26)20-12-11-19(22)28-14(2)15-5-4-6-16(13-15)21(23)24/h4-10,13-14,20H,3,11-12H2,1-2H3. The fourth-order valence-corrected chi connectivity index (χ4v) is 3.50. The van der Waals surface area contributed by atoms with Crippen LogP contribution in [0.5, 0.6) is 5.75 Å². The van der Waals surface area contributed by atoms with Gasteiger partial charge in [0.25, 0.3) is 5.69 Å². The zero-order valence-corrected chi connectivity index (χ0v) is 16.8. The van der Waals surface area contributed by atoms with Crippen LogP contribution in [0.2, 0.25) is 0 Å². The van der Waals surface area contributed by atoms with Gasteiger partial charge >= 0.3 is 5.97 Å². The Balaban J connectivity index is 1.87. The van der Waals surface area contributed by atoms with Crippen LogP contribution >= 0.6 is 0 Å². The third kappa shape index (κ3) is 6.54. The molecule has 0 saturated carbocycles. The summed E-state index contributed by atoms with van der Waals surface area (Å²) in [6.07, 6.45) is -0.889. The van der Waals surface area contributed by atoms with E-state index in [0.29, 0.717) is 17.9 Å². The second-order valence-electron chi connectivity index (χ2n) is 6.04. The lowest BCUT2D eigenvalue weighted by atomic mass is 10.1. The second kappa shape index (κ2) is 9.99. The molecule has 156 valence electrons. The molecule has 0 bridgehead atoms. The van der Waals surface area contributed by atoms with E-state index >= 15 is 0 Å². The summed E-state index contributed by atoms with van der Waals surface area (Å²) in [6, 6.07) is 11.7. The first-order chi connectivity index (χ1) is 13.7. The fraction of sp³-hybridized carbons (Fsp3) is 0.316. The average molecular weight is 422 g/mol. The minimum absolute atomic E-state index is 0.0549. The van der Waals surface area contributed by atoms with Gasteiger partial charge in [-0.25, -0.2) is 13.1 Å². The molecule has 9 nitrogen and oxygen atoms in total. The molecule has 0 spiro atoms. The van der Waals surface area contributed by atoms with Crippen molar-refractivity contribution in [3.63, 3.8) is 0 Å². The van der Waals surface area contributed by atoms with Gasteiger partial charge in [0.15, 0.2) is 0 Å². The molecule has 2 aromatic rings. The van der Waals surface area contributed by atoms with E-state index in [1.54, 1.807) is 25.1 Å². The van der Waals surface area contributed by atoms with Crippen LogP contribution in [0.3, 0.4) is 0 Å². The van der Waals surface area contributed by atoms with E-state index < -0.39 is 27.0 Å². The zero-order valence-electron chi connectivity index (χ0n) is 16.0. The summed E-state index contributed by atoms with van der Waals surface area (Å²) in [7, 11) is -3.77. The van der Waals surface area contributed by atoms with Crippen LogP contribution in [0.4, 0.5) is 5.69 Å². The number of carbonyl (C=O) groups is 1. The highest BCUT2D eigenvalue weighted by Crippen LogP contribution is 2.22. The van der Waals surface area contributed by atoms with Crippen LogP contribution in [0.25, 0.3) is 0 Å². The lowest BCUT2D eigenvalue weighted by molar-refractivity contribution is -0.385. The Kier molecular flexibility index (Phi) is 7.68. The third-order valence-corrected chi connectivity index (χ3v) is 5.40. The van der Waals surface area contributed by atoms with Gasteiger partial charge in [0.1, 0.15) is 11.9 Å². The van der Waals surface area contributed by atoms with Gasteiger partial charge in [-0.3, -0.25) is 14.9 Å². The van der Waals surface area contributed by atoms with E-state index in [9.17, 15) is 23.3 Å². The Hall–Kier alpha value is -2.98. The molecule has 29 heavy (non-hydrogen) atoms. The summed E-state index contributed by atoms with van der Waals surface area (Å²) < 4.78 is 37.3. The molecule has 0 saturated heterocycles. The number of ether oxygens (including phenoxy) is 2. The Morgan fingerprint density at radius 2 is 1.90 bits per heavy atom. The molecular weight excluding hydrogens is 400 g/mol. The van der Waals surface area contributed by atoms with Crippen molar-refractivity contribution in [3.8, 4) is 5.75 Å².